The van der Waals surface area contributed by atoms with E-state index in [0.717, 1.165) is 22.2 Å². The number of halogens is 2. The zero-order valence-corrected chi connectivity index (χ0v) is 13.6. The van der Waals surface area contributed by atoms with E-state index in [0.29, 0.717) is 0 Å². The van der Waals surface area contributed by atoms with E-state index in [2.05, 4.69) is 33.0 Å². The molecule has 2 fully saturated rings. The summed E-state index contributed by atoms with van der Waals surface area (Å²) in [6.07, 6.45) is 7.07. The van der Waals surface area contributed by atoms with Gasteiger partial charge in [0.05, 0.1) is 10.7 Å². The summed E-state index contributed by atoms with van der Waals surface area (Å²) in [4.78, 5) is 2.53. The van der Waals surface area contributed by atoms with Crippen molar-refractivity contribution in [2.45, 2.75) is 37.4 Å². The number of hydrogen-bond acceptors (Lipinski definition) is 1. The molecule has 0 amide bonds. The molecule has 19 heavy (non-hydrogen) atoms. The summed E-state index contributed by atoms with van der Waals surface area (Å²) in [5.74, 6) is 1.86. The van der Waals surface area contributed by atoms with Crippen LogP contribution in [0.15, 0.2) is 18.2 Å². The van der Waals surface area contributed by atoms with Crippen LogP contribution in [0.4, 0.5) is 5.69 Å². The summed E-state index contributed by atoms with van der Waals surface area (Å²) in [6.45, 7) is 2.37. The Morgan fingerprint density at radius 1 is 1.16 bits per heavy atom. The van der Waals surface area contributed by atoms with E-state index >= 15 is 0 Å². The van der Waals surface area contributed by atoms with Gasteiger partial charge in [0.1, 0.15) is 0 Å². The quantitative estimate of drug-likeness (QED) is 0.663. The Labute approximate surface area is 129 Å². The van der Waals surface area contributed by atoms with Crippen molar-refractivity contribution in [2.24, 2.45) is 11.8 Å². The zero-order valence-electron chi connectivity index (χ0n) is 11.2. The maximum Gasteiger partial charge on any atom is 0.0642 e. The molecule has 1 saturated heterocycles. The van der Waals surface area contributed by atoms with Crippen molar-refractivity contribution < 1.29 is 0 Å². The predicted molar refractivity (Wildman–Crippen MR) is 86.4 cm³/mol. The highest BCUT2D eigenvalue weighted by molar-refractivity contribution is 9.08. The van der Waals surface area contributed by atoms with Crippen molar-refractivity contribution >= 4 is 33.2 Å². The zero-order chi connectivity index (χ0) is 13.2. The smallest absolute Gasteiger partial charge is 0.0642 e. The number of benzene rings is 1. The van der Waals surface area contributed by atoms with E-state index in [1.807, 2.05) is 6.07 Å². The van der Waals surface area contributed by atoms with E-state index < -0.39 is 0 Å². The molecule has 2 aliphatic rings. The van der Waals surface area contributed by atoms with Crippen LogP contribution in [0.1, 0.15) is 37.7 Å². The SMILES string of the molecule is Clc1cccc(CBr)c1N1CCC2CCCCC2C1. The van der Waals surface area contributed by atoms with E-state index in [1.165, 1.54) is 56.4 Å². The van der Waals surface area contributed by atoms with Gasteiger partial charge in [-0.1, -0.05) is 58.9 Å². The van der Waals surface area contributed by atoms with E-state index in [-0.39, 0.29) is 0 Å². The van der Waals surface area contributed by atoms with Crippen molar-refractivity contribution in [3.05, 3.63) is 28.8 Å². The van der Waals surface area contributed by atoms with Crippen LogP contribution < -0.4 is 4.90 Å². The Bertz CT molecular complexity index is 448. The molecule has 0 N–H and O–H groups in total. The summed E-state index contributed by atoms with van der Waals surface area (Å²) in [5.41, 5.74) is 2.59. The minimum absolute atomic E-state index is 0.882. The second kappa shape index (κ2) is 6.05. The van der Waals surface area contributed by atoms with Crippen molar-refractivity contribution in [3.8, 4) is 0 Å². The lowest BCUT2D eigenvalue weighted by molar-refractivity contribution is 0.202. The summed E-state index contributed by atoms with van der Waals surface area (Å²) >= 11 is 10.0. The summed E-state index contributed by atoms with van der Waals surface area (Å²) in [6, 6.07) is 6.26. The molecule has 1 nitrogen and oxygen atoms in total. The first-order valence-corrected chi connectivity index (χ1v) is 8.88. The fourth-order valence-electron chi connectivity index (χ4n) is 3.83. The summed E-state index contributed by atoms with van der Waals surface area (Å²) < 4.78 is 0. The van der Waals surface area contributed by atoms with Crippen LogP contribution >= 0.6 is 27.5 Å². The summed E-state index contributed by atoms with van der Waals surface area (Å²) in [7, 11) is 0. The van der Waals surface area contributed by atoms with Crippen LogP contribution in [0.5, 0.6) is 0 Å². The Balaban J connectivity index is 1.83. The molecule has 1 aromatic rings. The Kier molecular flexibility index (Phi) is 4.38. The molecule has 3 heteroatoms. The molecule has 1 saturated carbocycles. The minimum Gasteiger partial charge on any atom is -0.370 e. The van der Waals surface area contributed by atoms with Crippen molar-refractivity contribution in [2.75, 3.05) is 18.0 Å². The van der Waals surface area contributed by atoms with E-state index in [9.17, 15) is 0 Å². The molecule has 0 aromatic heterocycles. The molecule has 0 radical (unpaired) electrons. The number of nitrogens with zero attached hydrogens (tertiary/aromatic N) is 1. The molecular formula is C16H21BrClN. The molecule has 0 spiro atoms. The Hall–Kier alpha value is -0.210. The molecule has 1 aromatic carbocycles. The van der Waals surface area contributed by atoms with Crippen molar-refractivity contribution in [1.82, 2.24) is 0 Å². The third-order valence-electron chi connectivity index (χ3n) is 4.82. The van der Waals surface area contributed by atoms with Gasteiger partial charge in [-0.3, -0.25) is 0 Å². The molecule has 0 bridgehead atoms. The third kappa shape index (κ3) is 2.80. The lowest BCUT2D eigenvalue weighted by atomic mass is 9.75. The number of anilines is 1. The van der Waals surface area contributed by atoms with Crippen LogP contribution in [-0.4, -0.2) is 13.1 Å². The van der Waals surface area contributed by atoms with Gasteiger partial charge in [-0.2, -0.15) is 0 Å². The van der Waals surface area contributed by atoms with Gasteiger partial charge in [-0.05, 0) is 36.3 Å². The van der Waals surface area contributed by atoms with Crippen LogP contribution in [0, 0.1) is 11.8 Å². The lowest BCUT2D eigenvalue weighted by Crippen LogP contribution is -2.42. The largest absolute Gasteiger partial charge is 0.370 e. The van der Waals surface area contributed by atoms with Gasteiger partial charge in [0.2, 0.25) is 0 Å². The number of piperidine rings is 1. The number of rotatable bonds is 2. The van der Waals surface area contributed by atoms with Gasteiger partial charge in [0.25, 0.3) is 0 Å². The van der Waals surface area contributed by atoms with Gasteiger partial charge < -0.3 is 4.90 Å². The minimum atomic E-state index is 0.882. The molecule has 1 heterocycles. The van der Waals surface area contributed by atoms with Gasteiger partial charge in [-0.25, -0.2) is 0 Å². The van der Waals surface area contributed by atoms with Crippen LogP contribution in [0.25, 0.3) is 0 Å². The standard InChI is InChI=1S/C16H21BrClN/c17-10-13-6-3-7-15(18)16(13)19-9-8-12-4-1-2-5-14(12)11-19/h3,6-7,12,14H,1-2,4-5,8-11H2. The normalized spacial score (nSPS) is 27.2. The first-order valence-electron chi connectivity index (χ1n) is 7.38. The second-order valence-corrected chi connectivity index (χ2v) is 6.89. The Morgan fingerprint density at radius 2 is 1.95 bits per heavy atom. The average Bonchev–Trinajstić information content (AvgIpc) is 2.46. The van der Waals surface area contributed by atoms with Gasteiger partial charge in [0, 0.05) is 18.4 Å². The molecular weight excluding hydrogens is 322 g/mol. The monoisotopic (exact) mass is 341 g/mol. The van der Waals surface area contributed by atoms with Crippen molar-refractivity contribution in [3.63, 3.8) is 0 Å². The fraction of sp³-hybridized carbons (Fsp3) is 0.625. The summed E-state index contributed by atoms with van der Waals surface area (Å²) in [5, 5.41) is 1.79. The number of para-hydroxylation sites is 1. The topological polar surface area (TPSA) is 3.24 Å². The molecule has 1 aliphatic carbocycles. The van der Waals surface area contributed by atoms with Crippen LogP contribution in [0.2, 0.25) is 5.02 Å². The van der Waals surface area contributed by atoms with Crippen LogP contribution in [0.3, 0.4) is 0 Å². The van der Waals surface area contributed by atoms with Gasteiger partial charge in [0.15, 0.2) is 0 Å². The maximum absolute atomic E-state index is 6.45. The Morgan fingerprint density at radius 3 is 2.74 bits per heavy atom. The highest BCUT2D eigenvalue weighted by Gasteiger charge is 2.32. The maximum atomic E-state index is 6.45. The first kappa shape index (κ1) is 13.8. The second-order valence-electron chi connectivity index (χ2n) is 5.92. The van der Waals surface area contributed by atoms with Gasteiger partial charge in [-0.15, -0.1) is 0 Å². The lowest BCUT2D eigenvalue weighted by Gasteiger charge is -2.43. The van der Waals surface area contributed by atoms with Crippen molar-refractivity contribution in [1.29, 1.82) is 0 Å². The molecule has 3 rings (SSSR count). The molecule has 1 aliphatic heterocycles. The molecule has 2 atom stereocenters. The predicted octanol–water partition coefficient (Wildman–Crippen LogP) is 5.25. The molecule has 2 unspecified atom stereocenters. The number of fused-ring (bicyclic) bond motifs is 1. The van der Waals surface area contributed by atoms with Gasteiger partial charge >= 0.3 is 0 Å². The third-order valence-corrected chi connectivity index (χ3v) is 5.73. The highest BCUT2D eigenvalue weighted by Crippen LogP contribution is 2.40. The van der Waals surface area contributed by atoms with E-state index in [4.69, 9.17) is 11.6 Å². The number of alkyl halides is 1. The fourth-order valence-corrected chi connectivity index (χ4v) is 4.59. The average molecular weight is 343 g/mol. The van der Waals surface area contributed by atoms with Crippen LogP contribution in [-0.2, 0) is 5.33 Å². The highest BCUT2D eigenvalue weighted by atomic mass is 79.9. The molecule has 104 valence electrons. The first-order chi connectivity index (χ1) is 9.29. The number of hydrogen-bond donors (Lipinski definition) is 0. The van der Waals surface area contributed by atoms with E-state index in [1.54, 1.807) is 0 Å².